The van der Waals surface area contributed by atoms with Crippen LogP contribution < -0.4 is 10.2 Å². The number of halogens is 1. The van der Waals surface area contributed by atoms with Crippen molar-refractivity contribution in [1.82, 2.24) is 30.5 Å². The van der Waals surface area contributed by atoms with E-state index in [1.165, 1.54) is 22.0 Å². The molecule has 12 heteroatoms. The Bertz CT molecular complexity index is 1120. The number of benzene rings is 1. The van der Waals surface area contributed by atoms with Crippen LogP contribution in [0.25, 0.3) is 22.6 Å². The van der Waals surface area contributed by atoms with E-state index < -0.39 is 30.5 Å². The molecule has 4 rings (SSSR count). The zero-order chi connectivity index (χ0) is 22.0. The van der Waals surface area contributed by atoms with E-state index in [0.717, 1.165) is 0 Å². The smallest absolute Gasteiger partial charge is 0.414 e. The minimum Gasteiger partial charge on any atom is -0.442 e. The number of rotatable bonds is 6. The lowest BCUT2D eigenvalue weighted by Gasteiger charge is -2.14. The quantitative estimate of drug-likeness (QED) is 0.581. The fourth-order valence-corrected chi connectivity index (χ4v) is 3.10. The molecule has 1 atom stereocenters. The first-order valence-electron chi connectivity index (χ1n) is 9.30. The van der Waals surface area contributed by atoms with Crippen molar-refractivity contribution in [3.8, 4) is 22.6 Å². The number of amides is 2. The van der Waals surface area contributed by atoms with Crippen LogP contribution >= 0.6 is 0 Å². The zero-order valence-electron chi connectivity index (χ0n) is 16.4. The topological polar surface area (TPSA) is 135 Å². The molecule has 0 radical (unpaired) electrons. The van der Waals surface area contributed by atoms with Crippen LogP contribution in [0, 0.1) is 5.82 Å². The third kappa shape index (κ3) is 4.33. The summed E-state index contributed by atoms with van der Waals surface area (Å²) in [5.41, 5.74) is 1.70. The predicted octanol–water partition coefficient (Wildman–Crippen LogP) is 0.512. The van der Waals surface area contributed by atoms with Gasteiger partial charge < -0.3 is 15.2 Å². The predicted molar refractivity (Wildman–Crippen MR) is 105 cm³/mol. The number of carbonyl (C=O) groups is 2. The van der Waals surface area contributed by atoms with Gasteiger partial charge in [0.2, 0.25) is 11.7 Å². The SMILES string of the molecule is Cn1nnc(-c2ccc(-c3ccc(N4C[C@H](CNC(=O)CO)OC4=O)cc3F)cn2)n1. The van der Waals surface area contributed by atoms with E-state index in [2.05, 4.69) is 25.7 Å². The number of hydrogen-bond acceptors (Lipinski definition) is 8. The Morgan fingerprint density at radius 3 is 2.84 bits per heavy atom. The standard InChI is InChI=1S/C19H18FN7O4/c1-26-24-18(23-25-26)16-5-2-11(7-21-16)14-4-3-12(6-15(14)20)27-9-13(31-19(27)30)8-22-17(29)10-28/h2-7,13,28H,8-10H2,1H3,(H,22,29)/t13-/m0/s1. The van der Waals surface area contributed by atoms with Crippen LogP contribution in [0.2, 0.25) is 0 Å². The molecule has 31 heavy (non-hydrogen) atoms. The summed E-state index contributed by atoms with van der Waals surface area (Å²) in [6.07, 6.45) is 0.267. The lowest BCUT2D eigenvalue weighted by Crippen LogP contribution is -2.36. The van der Waals surface area contributed by atoms with Gasteiger partial charge in [0.25, 0.3) is 0 Å². The maximum absolute atomic E-state index is 14.8. The van der Waals surface area contributed by atoms with E-state index in [-0.39, 0.29) is 13.1 Å². The molecule has 1 aliphatic heterocycles. The maximum Gasteiger partial charge on any atom is 0.414 e. The molecule has 1 saturated heterocycles. The van der Waals surface area contributed by atoms with E-state index in [9.17, 15) is 14.0 Å². The lowest BCUT2D eigenvalue weighted by atomic mass is 10.1. The van der Waals surface area contributed by atoms with Gasteiger partial charge in [-0.3, -0.25) is 14.7 Å². The van der Waals surface area contributed by atoms with Crippen LogP contribution in [-0.2, 0) is 16.6 Å². The van der Waals surface area contributed by atoms with Crippen molar-refractivity contribution in [1.29, 1.82) is 0 Å². The number of tetrazole rings is 1. The molecule has 0 spiro atoms. The first-order chi connectivity index (χ1) is 14.9. The number of aryl methyl sites for hydroxylation is 1. The van der Waals surface area contributed by atoms with Gasteiger partial charge in [-0.05, 0) is 29.5 Å². The Morgan fingerprint density at radius 2 is 2.19 bits per heavy atom. The number of pyridine rings is 1. The third-order valence-electron chi connectivity index (χ3n) is 4.62. The first kappa shape index (κ1) is 20.3. The summed E-state index contributed by atoms with van der Waals surface area (Å²) in [4.78, 5) is 30.1. The monoisotopic (exact) mass is 427 g/mol. The Hall–Kier alpha value is -3.93. The van der Waals surface area contributed by atoms with E-state index in [1.54, 1.807) is 31.3 Å². The Morgan fingerprint density at radius 1 is 1.35 bits per heavy atom. The molecule has 3 aromatic rings. The molecular formula is C19H18FN7O4. The van der Waals surface area contributed by atoms with Gasteiger partial charge in [0, 0.05) is 17.3 Å². The zero-order valence-corrected chi connectivity index (χ0v) is 16.4. The molecule has 3 heterocycles. The number of ether oxygens (including phenoxy) is 1. The minimum atomic E-state index is -0.651. The van der Waals surface area contributed by atoms with Gasteiger partial charge in [-0.25, -0.2) is 9.18 Å². The number of anilines is 1. The molecule has 1 aromatic carbocycles. The van der Waals surface area contributed by atoms with Crippen LogP contribution in [-0.4, -0.2) is 68.1 Å². The lowest BCUT2D eigenvalue weighted by molar-refractivity contribution is -0.124. The largest absolute Gasteiger partial charge is 0.442 e. The van der Waals surface area contributed by atoms with Crippen molar-refractivity contribution in [3.05, 3.63) is 42.3 Å². The molecule has 160 valence electrons. The highest BCUT2D eigenvalue weighted by atomic mass is 19.1. The van der Waals surface area contributed by atoms with Gasteiger partial charge in [0.05, 0.1) is 25.8 Å². The molecular weight excluding hydrogens is 409 g/mol. The summed E-state index contributed by atoms with van der Waals surface area (Å²) in [6, 6.07) is 7.76. The third-order valence-corrected chi connectivity index (χ3v) is 4.62. The molecule has 2 amide bonds. The Kier molecular flexibility index (Phi) is 5.54. The summed E-state index contributed by atoms with van der Waals surface area (Å²) in [5, 5.41) is 22.9. The molecule has 0 aliphatic carbocycles. The van der Waals surface area contributed by atoms with Crippen LogP contribution in [0.4, 0.5) is 14.9 Å². The maximum atomic E-state index is 14.8. The highest BCUT2D eigenvalue weighted by Gasteiger charge is 2.32. The second-order valence-electron chi connectivity index (χ2n) is 6.78. The summed E-state index contributed by atoms with van der Waals surface area (Å²) in [6.45, 7) is -0.451. The highest BCUT2D eigenvalue weighted by molar-refractivity contribution is 5.90. The number of aliphatic hydroxyl groups is 1. The molecule has 0 bridgehead atoms. The second kappa shape index (κ2) is 8.44. The Balaban J connectivity index is 1.48. The number of nitrogens with one attached hydrogen (secondary N) is 1. The van der Waals surface area contributed by atoms with Crippen LogP contribution in [0.15, 0.2) is 36.5 Å². The van der Waals surface area contributed by atoms with E-state index in [1.807, 2.05) is 0 Å². The second-order valence-corrected chi connectivity index (χ2v) is 6.78. The van der Waals surface area contributed by atoms with Gasteiger partial charge in [-0.15, -0.1) is 10.2 Å². The number of hydrogen-bond donors (Lipinski definition) is 2. The van der Waals surface area contributed by atoms with Gasteiger partial charge >= 0.3 is 6.09 Å². The molecule has 2 aromatic heterocycles. The fraction of sp³-hybridized carbons (Fsp3) is 0.263. The van der Waals surface area contributed by atoms with Crippen molar-refractivity contribution in [2.75, 3.05) is 24.6 Å². The van der Waals surface area contributed by atoms with Crippen molar-refractivity contribution >= 4 is 17.7 Å². The van der Waals surface area contributed by atoms with E-state index in [0.29, 0.717) is 28.3 Å². The number of cyclic esters (lactones) is 1. The van der Waals surface area contributed by atoms with Crippen molar-refractivity contribution < 1.29 is 23.8 Å². The average Bonchev–Trinajstić information content (AvgIpc) is 3.37. The number of aromatic nitrogens is 5. The number of aliphatic hydroxyl groups excluding tert-OH is 1. The summed E-state index contributed by atoms with van der Waals surface area (Å²) >= 11 is 0. The molecule has 0 unspecified atom stereocenters. The van der Waals surface area contributed by atoms with E-state index in [4.69, 9.17) is 9.84 Å². The molecule has 1 aliphatic rings. The van der Waals surface area contributed by atoms with Crippen LogP contribution in [0.1, 0.15) is 0 Å². The van der Waals surface area contributed by atoms with Crippen LogP contribution in [0.3, 0.4) is 0 Å². The Labute approximate surface area is 175 Å². The van der Waals surface area contributed by atoms with Crippen molar-refractivity contribution in [3.63, 3.8) is 0 Å². The molecule has 11 nitrogen and oxygen atoms in total. The van der Waals surface area contributed by atoms with Gasteiger partial charge in [0.15, 0.2) is 0 Å². The van der Waals surface area contributed by atoms with Gasteiger partial charge in [0.1, 0.15) is 24.2 Å². The van der Waals surface area contributed by atoms with Crippen molar-refractivity contribution in [2.24, 2.45) is 7.05 Å². The van der Waals surface area contributed by atoms with Crippen LogP contribution in [0.5, 0.6) is 0 Å². The summed E-state index contributed by atoms with van der Waals surface area (Å²) < 4.78 is 20.0. The first-order valence-corrected chi connectivity index (χ1v) is 9.30. The minimum absolute atomic E-state index is 0.0564. The summed E-state index contributed by atoms with van der Waals surface area (Å²) in [5.74, 6) is -0.740. The molecule has 1 fully saturated rings. The average molecular weight is 427 g/mol. The fourth-order valence-electron chi connectivity index (χ4n) is 3.10. The van der Waals surface area contributed by atoms with Gasteiger partial charge in [-0.1, -0.05) is 6.07 Å². The highest BCUT2D eigenvalue weighted by Crippen LogP contribution is 2.29. The molecule has 0 saturated carbocycles. The summed E-state index contributed by atoms with van der Waals surface area (Å²) in [7, 11) is 1.64. The van der Waals surface area contributed by atoms with Crippen molar-refractivity contribution in [2.45, 2.75) is 6.10 Å². The number of carbonyl (C=O) groups excluding carboxylic acids is 2. The van der Waals surface area contributed by atoms with Gasteiger partial charge in [-0.2, -0.15) is 4.80 Å². The number of nitrogens with zero attached hydrogens (tertiary/aromatic N) is 6. The molecule has 2 N–H and O–H groups in total. The normalized spacial score (nSPS) is 15.8. The van der Waals surface area contributed by atoms with E-state index >= 15 is 0 Å².